The number of ether oxygens (including phenoxy) is 1. The van der Waals surface area contributed by atoms with Crippen LogP contribution in [-0.2, 0) is 13.1 Å². The largest absolute Gasteiger partial charge is 0.489 e. The van der Waals surface area contributed by atoms with Gasteiger partial charge in [0.25, 0.3) is 5.91 Å². The number of nitrogens with zero attached hydrogens (tertiary/aromatic N) is 1. The van der Waals surface area contributed by atoms with Crippen molar-refractivity contribution < 1.29 is 9.53 Å². The van der Waals surface area contributed by atoms with E-state index in [4.69, 9.17) is 4.74 Å². The molecule has 0 aromatic heterocycles. The average Bonchev–Trinajstić information content (AvgIpc) is 2.75. The second kappa shape index (κ2) is 12.2. The number of para-hydroxylation sites is 1. The molecule has 3 N–H and O–H groups in total. The van der Waals surface area contributed by atoms with Crippen LogP contribution >= 0.6 is 0 Å². The number of hydrogen-bond acceptors (Lipinski definition) is 3. The molecule has 0 spiro atoms. The maximum absolute atomic E-state index is 11.8. The molecule has 0 atom stereocenters. The van der Waals surface area contributed by atoms with Crippen molar-refractivity contribution in [2.45, 2.75) is 26.9 Å². The van der Waals surface area contributed by atoms with Crippen molar-refractivity contribution in [1.29, 1.82) is 0 Å². The first-order valence-corrected chi connectivity index (χ1v) is 9.88. The van der Waals surface area contributed by atoms with Gasteiger partial charge in [-0.1, -0.05) is 43.0 Å². The van der Waals surface area contributed by atoms with Gasteiger partial charge in [0.1, 0.15) is 12.4 Å². The van der Waals surface area contributed by atoms with Crippen LogP contribution in [0.25, 0.3) is 0 Å². The lowest BCUT2D eigenvalue weighted by atomic mass is 10.1. The summed E-state index contributed by atoms with van der Waals surface area (Å²) in [6.45, 7) is 10.6. The Morgan fingerprint density at radius 1 is 1.03 bits per heavy atom. The van der Waals surface area contributed by atoms with Crippen molar-refractivity contribution >= 4 is 11.9 Å². The quantitative estimate of drug-likeness (QED) is 0.329. The second-order valence-electron chi connectivity index (χ2n) is 6.31. The highest BCUT2D eigenvalue weighted by molar-refractivity contribution is 5.94. The molecule has 6 heteroatoms. The van der Waals surface area contributed by atoms with Gasteiger partial charge in [0.15, 0.2) is 5.96 Å². The molecular formula is C23H30N4O2. The molecule has 0 saturated heterocycles. The Morgan fingerprint density at radius 3 is 2.45 bits per heavy atom. The molecule has 0 fully saturated rings. The molecule has 2 aromatic carbocycles. The van der Waals surface area contributed by atoms with Crippen LogP contribution < -0.4 is 20.7 Å². The van der Waals surface area contributed by atoms with Gasteiger partial charge in [0.05, 0.1) is 6.54 Å². The van der Waals surface area contributed by atoms with Crippen molar-refractivity contribution in [3.63, 3.8) is 0 Å². The topological polar surface area (TPSA) is 74.8 Å². The van der Waals surface area contributed by atoms with E-state index in [1.807, 2.05) is 62.4 Å². The zero-order valence-corrected chi connectivity index (χ0v) is 17.2. The summed E-state index contributed by atoms with van der Waals surface area (Å²) in [4.78, 5) is 16.5. The van der Waals surface area contributed by atoms with Gasteiger partial charge in [-0.3, -0.25) is 4.79 Å². The van der Waals surface area contributed by atoms with E-state index in [0.717, 1.165) is 29.4 Å². The van der Waals surface area contributed by atoms with Crippen LogP contribution in [0.1, 0.15) is 35.3 Å². The molecule has 0 aliphatic heterocycles. The lowest BCUT2D eigenvalue weighted by molar-refractivity contribution is 0.0956. The van der Waals surface area contributed by atoms with Crippen molar-refractivity contribution in [3.8, 4) is 5.75 Å². The maximum atomic E-state index is 11.8. The van der Waals surface area contributed by atoms with E-state index in [2.05, 4.69) is 27.5 Å². The molecule has 154 valence electrons. The first-order chi connectivity index (χ1) is 14.2. The minimum absolute atomic E-state index is 0.0603. The van der Waals surface area contributed by atoms with Crippen LogP contribution in [0.3, 0.4) is 0 Å². The molecule has 0 aliphatic carbocycles. The van der Waals surface area contributed by atoms with E-state index in [1.54, 1.807) is 6.08 Å². The third kappa shape index (κ3) is 7.33. The Bertz CT molecular complexity index is 816. The molecule has 6 nitrogen and oxygen atoms in total. The van der Waals surface area contributed by atoms with Crippen molar-refractivity contribution in [2.24, 2.45) is 4.99 Å². The monoisotopic (exact) mass is 394 g/mol. The van der Waals surface area contributed by atoms with E-state index < -0.39 is 0 Å². The Morgan fingerprint density at radius 2 is 1.76 bits per heavy atom. The van der Waals surface area contributed by atoms with E-state index >= 15 is 0 Å². The molecule has 1 amide bonds. The fourth-order valence-electron chi connectivity index (χ4n) is 2.65. The summed E-state index contributed by atoms with van der Waals surface area (Å²) in [5.41, 5.74) is 2.73. The lowest BCUT2D eigenvalue weighted by Crippen LogP contribution is -2.36. The number of benzene rings is 2. The van der Waals surface area contributed by atoms with Crippen LogP contribution in [0.15, 0.2) is 66.2 Å². The van der Waals surface area contributed by atoms with Crippen molar-refractivity contribution in [2.75, 3.05) is 19.7 Å². The molecule has 0 radical (unpaired) electrons. The average molecular weight is 395 g/mol. The fourth-order valence-corrected chi connectivity index (χ4v) is 2.65. The Kier molecular flexibility index (Phi) is 9.29. The molecule has 0 bridgehead atoms. The van der Waals surface area contributed by atoms with Gasteiger partial charge in [-0.25, -0.2) is 4.99 Å². The summed E-state index contributed by atoms with van der Waals surface area (Å²) in [6, 6.07) is 15.4. The number of carbonyl (C=O) groups excluding carboxylic acids is 1. The fraction of sp³-hybridized carbons (Fsp3) is 0.304. The van der Waals surface area contributed by atoms with Crippen molar-refractivity contribution in [3.05, 3.63) is 77.9 Å². The predicted molar refractivity (Wildman–Crippen MR) is 118 cm³/mol. The number of amides is 1. The maximum Gasteiger partial charge on any atom is 0.251 e. The molecule has 0 saturated carbocycles. The Labute approximate surface area is 173 Å². The van der Waals surface area contributed by atoms with Crippen LogP contribution in [0.4, 0.5) is 0 Å². The van der Waals surface area contributed by atoms with Crippen LogP contribution in [0.5, 0.6) is 5.75 Å². The Balaban J connectivity index is 1.99. The van der Waals surface area contributed by atoms with Gasteiger partial charge >= 0.3 is 0 Å². The minimum Gasteiger partial charge on any atom is -0.489 e. The van der Waals surface area contributed by atoms with Crippen molar-refractivity contribution in [1.82, 2.24) is 16.0 Å². The van der Waals surface area contributed by atoms with Crippen LogP contribution in [0.2, 0.25) is 0 Å². The number of hydrogen-bond donors (Lipinski definition) is 3. The van der Waals surface area contributed by atoms with Gasteiger partial charge < -0.3 is 20.7 Å². The van der Waals surface area contributed by atoms with Gasteiger partial charge in [0.2, 0.25) is 0 Å². The smallest absolute Gasteiger partial charge is 0.251 e. The number of aliphatic imine (C=N–C) groups is 1. The molecular weight excluding hydrogens is 364 g/mol. The number of rotatable bonds is 10. The highest BCUT2D eigenvalue weighted by Crippen LogP contribution is 2.17. The summed E-state index contributed by atoms with van der Waals surface area (Å²) in [6.07, 6.45) is 1.73. The zero-order valence-electron chi connectivity index (χ0n) is 17.2. The van der Waals surface area contributed by atoms with Gasteiger partial charge in [-0.15, -0.1) is 0 Å². The first-order valence-electron chi connectivity index (χ1n) is 9.88. The standard InChI is InChI=1S/C23H30N4O2/c1-4-15-29-21-10-8-7-9-20(21)17-27-23(25-6-3)26-16-18-11-13-19(14-12-18)22(28)24-5-2/h4,7-14H,1,5-6,15-17H2,2-3H3,(H,24,28)(H2,25,26,27). The lowest BCUT2D eigenvalue weighted by Gasteiger charge is -2.14. The molecule has 0 aliphatic rings. The number of nitrogens with one attached hydrogen (secondary N) is 3. The number of carbonyl (C=O) groups is 1. The summed E-state index contributed by atoms with van der Waals surface area (Å²) in [5, 5.41) is 9.38. The van der Waals surface area contributed by atoms with E-state index in [9.17, 15) is 4.79 Å². The van der Waals surface area contributed by atoms with Gasteiger partial charge in [-0.05, 0) is 37.6 Å². The normalized spacial score (nSPS) is 10.9. The second-order valence-corrected chi connectivity index (χ2v) is 6.31. The SMILES string of the molecule is C=CCOc1ccccc1CNC(=NCc1ccc(C(=O)NCC)cc1)NCC. The zero-order chi connectivity index (χ0) is 20.9. The molecule has 2 rings (SSSR count). The number of guanidine groups is 1. The van der Waals surface area contributed by atoms with E-state index in [0.29, 0.717) is 31.8 Å². The van der Waals surface area contributed by atoms with Crippen LogP contribution in [0, 0.1) is 0 Å². The van der Waals surface area contributed by atoms with Gasteiger partial charge in [-0.2, -0.15) is 0 Å². The van der Waals surface area contributed by atoms with E-state index in [1.165, 1.54) is 0 Å². The van der Waals surface area contributed by atoms with Crippen LogP contribution in [-0.4, -0.2) is 31.6 Å². The summed E-state index contributed by atoms with van der Waals surface area (Å²) in [7, 11) is 0. The first kappa shape index (κ1) is 22.0. The predicted octanol–water partition coefficient (Wildman–Crippen LogP) is 3.26. The third-order valence-electron chi connectivity index (χ3n) is 4.09. The van der Waals surface area contributed by atoms with Gasteiger partial charge in [0, 0.05) is 30.8 Å². The molecule has 29 heavy (non-hydrogen) atoms. The molecule has 0 unspecified atom stereocenters. The molecule has 0 heterocycles. The summed E-state index contributed by atoms with van der Waals surface area (Å²) in [5.74, 6) is 1.49. The highest BCUT2D eigenvalue weighted by atomic mass is 16.5. The molecule has 2 aromatic rings. The van der Waals surface area contributed by atoms with E-state index in [-0.39, 0.29) is 5.91 Å². The minimum atomic E-state index is -0.0603. The Hall–Kier alpha value is -3.28. The third-order valence-corrected chi connectivity index (χ3v) is 4.09. The summed E-state index contributed by atoms with van der Waals surface area (Å²) >= 11 is 0. The highest BCUT2D eigenvalue weighted by Gasteiger charge is 2.05. The summed E-state index contributed by atoms with van der Waals surface area (Å²) < 4.78 is 5.70.